The average Bonchev–Trinajstić information content (AvgIpc) is 3.01. The van der Waals surface area contributed by atoms with Crippen LogP contribution in [0.2, 0.25) is 0 Å². The van der Waals surface area contributed by atoms with Gasteiger partial charge in [-0.15, -0.1) is 0 Å². The summed E-state index contributed by atoms with van der Waals surface area (Å²) in [6.07, 6.45) is 13.2. The van der Waals surface area contributed by atoms with E-state index in [-0.39, 0.29) is 5.41 Å². The monoisotopic (exact) mass is 626 g/mol. The lowest BCUT2D eigenvalue weighted by molar-refractivity contribution is 0.410. The molecule has 0 aliphatic carbocycles. The molecule has 0 unspecified atom stereocenters. The van der Waals surface area contributed by atoms with E-state index in [1.165, 1.54) is 11.1 Å². The summed E-state index contributed by atoms with van der Waals surface area (Å²) in [7, 11) is 0.0477. The molecule has 1 N–H and O–H groups in total. The molecule has 0 radical (unpaired) electrons. The van der Waals surface area contributed by atoms with E-state index in [2.05, 4.69) is 107 Å². The summed E-state index contributed by atoms with van der Waals surface area (Å²) >= 11 is 0. The van der Waals surface area contributed by atoms with Crippen molar-refractivity contribution < 1.29 is 8.95 Å². The molecule has 3 aromatic carbocycles. The van der Waals surface area contributed by atoms with Crippen molar-refractivity contribution >= 4 is 44.3 Å². The number of aryl methyl sites for hydroxylation is 1. The Bertz CT molecular complexity index is 1570. The maximum atomic E-state index is 10.1. The molecule has 0 amide bonds. The Labute approximate surface area is 274 Å². The minimum absolute atomic E-state index is 0.182. The van der Waals surface area contributed by atoms with Gasteiger partial charge in [0.1, 0.15) is 11.6 Å². The molecule has 0 saturated heterocycles. The highest BCUT2D eigenvalue weighted by atomic mass is 32.2. The summed E-state index contributed by atoms with van der Waals surface area (Å²) in [5.41, 5.74) is 7.37. The fourth-order valence-corrected chi connectivity index (χ4v) is 4.08. The Hall–Kier alpha value is -4.09. The molecule has 0 saturated carbocycles. The number of hydrogen-bond acceptors (Lipinski definition) is 3. The number of methoxy groups -OCH3 is 1. The van der Waals surface area contributed by atoms with Gasteiger partial charge in [-0.3, -0.25) is 4.21 Å². The maximum absolute atomic E-state index is 10.1. The molecule has 0 bridgehead atoms. The van der Waals surface area contributed by atoms with Gasteiger partial charge in [0.05, 0.1) is 12.8 Å². The normalized spacial score (nSPS) is 11.9. The van der Waals surface area contributed by atoms with Crippen molar-refractivity contribution in [2.24, 2.45) is 10.4 Å². The van der Waals surface area contributed by atoms with Crippen LogP contribution in [0.3, 0.4) is 0 Å². The number of nitrogens with one attached hydrogen (secondary N) is 1. The molecule has 0 fully saturated rings. The highest BCUT2D eigenvalue weighted by Gasteiger charge is 2.25. The number of hydrogen-bond donors (Lipinski definition) is 1. The van der Waals surface area contributed by atoms with Gasteiger partial charge < -0.3 is 10.1 Å². The third kappa shape index (κ3) is 15.0. The van der Waals surface area contributed by atoms with Crippen LogP contribution in [0.25, 0.3) is 17.3 Å². The Morgan fingerprint density at radius 1 is 1.00 bits per heavy atom. The van der Waals surface area contributed by atoms with Gasteiger partial charge in [-0.2, -0.15) is 0 Å². The number of rotatable bonds is 10. The number of benzene rings is 3. The van der Waals surface area contributed by atoms with Crippen molar-refractivity contribution in [3.63, 3.8) is 0 Å². The Morgan fingerprint density at radius 3 is 2.11 bits per heavy atom. The number of nitrogens with zero attached hydrogens (tertiary/aromatic N) is 1. The molecular formula is C40H54N2O2S. The summed E-state index contributed by atoms with van der Waals surface area (Å²) in [5.74, 6) is 5.14. The van der Waals surface area contributed by atoms with Crippen LogP contribution < -0.4 is 10.1 Å². The van der Waals surface area contributed by atoms with Crippen LogP contribution in [0.1, 0.15) is 70.2 Å². The van der Waals surface area contributed by atoms with Crippen molar-refractivity contribution in [1.29, 1.82) is 0 Å². The Balaban J connectivity index is 0.000000642. The van der Waals surface area contributed by atoms with Gasteiger partial charge in [-0.25, -0.2) is 4.99 Å². The minimum Gasteiger partial charge on any atom is -0.496 e. The van der Waals surface area contributed by atoms with Gasteiger partial charge in [0.2, 0.25) is 0 Å². The first-order valence-electron chi connectivity index (χ1n) is 15.2. The zero-order chi connectivity index (χ0) is 34.0. The summed E-state index contributed by atoms with van der Waals surface area (Å²) in [5, 5.41) is 3.63. The zero-order valence-corrected chi connectivity index (χ0v) is 29.8. The second-order valence-corrected chi connectivity index (χ2v) is 14.6. The first kappa shape index (κ1) is 38.9. The van der Waals surface area contributed by atoms with Crippen LogP contribution in [0, 0.1) is 5.41 Å². The highest BCUT2D eigenvalue weighted by molar-refractivity contribution is 7.98. The molecule has 0 aliphatic heterocycles. The molecule has 5 heteroatoms. The number of aliphatic imine (C=N–C) groups is 1. The van der Waals surface area contributed by atoms with E-state index in [0.29, 0.717) is 0 Å². The first-order chi connectivity index (χ1) is 21.2. The van der Waals surface area contributed by atoms with Crippen LogP contribution in [-0.2, 0) is 15.9 Å². The quantitative estimate of drug-likeness (QED) is 0.105. The van der Waals surface area contributed by atoms with Crippen molar-refractivity contribution in [2.45, 2.75) is 54.4 Å². The highest BCUT2D eigenvalue weighted by Crippen LogP contribution is 2.30. The van der Waals surface area contributed by atoms with Crippen molar-refractivity contribution in [3.8, 4) is 5.75 Å². The fraction of sp³-hybridized carbons (Fsp3) is 0.300. The number of amidine groups is 1. The Morgan fingerprint density at radius 2 is 1.62 bits per heavy atom. The third-order valence-electron chi connectivity index (χ3n) is 6.62. The van der Waals surface area contributed by atoms with E-state index in [1.807, 2.05) is 56.3 Å². The summed E-state index contributed by atoms with van der Waals surface area (Å²) < 4.78 is 15.6. The minimum atomic E-state index is -1.67. The smallest absolute Gasteiger partial charge is 0.122 e. The molecule has 0 aliphatic rings. The van der Waals surface area contributed by atoms with Crippen LogP contribution in [0.4, 0.5) is 5.69 Å². The second-order valence-electron chi connectivity index (χ2n) is 11.7. The topological polar surface area (TPSA) is 50.7 Å². The van der Waals surface area contributed by atoms with Gasteiger partial charge >= 0.3 is 0 Å². The van der Waals surface area contributed by atoms with Gasteiger partial charge in [0.15, 0.2) is 0 Å². The SMILES string of the molecule is C=C(C)c1cccc(/C(=C/C)N=C(Nc2ccc(OC)c(CC)c2)C(C)(C)C/C=C\C)c1.C=Cc1ccccc1.C=S(C)(C)=O. The molecule has 242 valence electrons. The van der Waals surface area contributed by atoms with Crippen LogP contribution in [0.15, 0.2) is 109 Å². The number of ether oxygens (including phenoxy) is 1. The summed E-state index contributed by atoms with van der Waals surface area (Å²) in [6.45, 7) is 20.4. The number of anilines is 1. The molecule has 0 atom stereocenters. The van der Waals surface area contributed by atoms with Crippen LogP contribution in [0.5, 0.6) is 5.75 Å². The lowest BCUT2D eigenvalue weighted by Gasteiger charge is -2.27. The molecule has 0 heterocycles. The van der Waals surface area contributed by atoms with E-state index in [1.54, 1.807) is 19.6 Å². The van der Waals surface area contributed by atoms with Gasteiger partial charge in [-0.05, 0) is 90.0 Å². The predicted octanol–water partition coefficient (Wildman–Crippen LogP) is 10.4. The molecular weight excluding hydrogens is 573 g/mol. The van der Waals surface area contributed by atoms with Gasteiger partial charge in [-0.1, -0.05) is 112 Å². The molecule has 3 aromatic rings. The zero-order valence-electron chi connectivity index (χ0n) is 28.9. The van der Waals surface area contributed by atoms with Crippen LogP contribution >= 0.6 is 0 Å². The Kier molecular flexibility index (Phi) is 16.7. The molecule has 45 heavy (non-hydrogen) atoms. The van der Waals surface area contributed by atoms with E-state index in [9.17, 15) is 4.21 Å². The van der Waals surface area contributed by atoms with Gasteiger partial charge in [0.25, 0.3) is 0 Å². The maximum Gasteiger partial charge on any atom is 0.122 e. The van der Waals surface area contributed by atoms with E-state index >= 15 is 0 Å². The van der Waals surface area contributed by atoms with E-state index < -0.39 is 9.52 Å². The summed E-state index contributed by atoms with van der Waals surface area (Å²) in [4.78, 5) is 5.16. The summed E-state index contributed by atoms with van der Waals surface area (Å²) in [6, 6.07) is 24.7. The lowest BCUT2D eigenvalue weighted by atomic mass is 9.87. The average molecular weight is 627 g/mol. The lowest BCUT2D eigenvalue weighted by Crippen LogP contribution is -2.31. The van der Waals surface area contributed by atoms with Crippen molar-refractivity contribution in [1.82, 2.24) is 0 Å². The van der Waals surface area contributed by atoms with E-state index in [0.717, 1.165) is 52.5 Å². The molecule has 4 nitrogen and oxygen atoms in total. The number of allylic oxidation sites excluding steroid dienone is 4. The molecule has 3 rings (SSSR count). The first-order valence-corrected chi connectivity index (χ1v) is 17.7. The third-order valence-corrected chi connectivity index (χ3v) is 6.62. The second kappa shape index (κ2) is 19.3. The van der Waals surface area contributed by atoms with Crippen LogP contribution in [-0.4, -0.2) is 35.5 Å². The molecule has 0 aromatic heterocycles. The van der Waals surface area contributed by atoms with E-state index in [4.69, 9.17) is 9.73 Å². The molecule has 0 spiro atoms. The van der Waals surface area contributed by atoms with Gasteiger partial charge in [0, 0.05) is 29.2 Å². The standard InChI is InChI=1S/C29H38N2O.C8H8.C3H8OS/c1-9-12-18-29(6,7)28(30-25-16-17-27(32-8)22(10-2)20-25)31-26(11-3)24-15-13-14-23(19-24)21(4)5;1-2-8-6-4-3-5-7-8;1-5(2,3)4/h9,11-17,19-20H,4,10,18H2,1-3,5-8H3,(H,30,31);2-7H,1H2;1H2,2-3H3/b12-9-,26-11-;;. The predicted molar refractivity (Wildman–Crippen MR) is 205 cm³/mol. The largest absolute Gasteiger partial charge is 0.496 e. The van der Waals surface area contributed by atoms with Crippen molar-refractivity contribution in [3.05, 3.63) is 126 Å². The fourth-order valence-electron chi connectivity index (χ4n) is 4.08. The van der Waals surface area contributed by atoms with Crippen molar-refractivity contribution in [2.75, 3.05) is 24.9 Å².